The highest BCUT2D eigenvalue weighted by Crippen LogP contribution is 2.26. The molecule has 1 aromatic carbocycles. The molecule has 68 valence electrons. The fourth-order valence-electron chi connectivity index (χ4n) is 1.37. The predicted octanol–water partition coefficient (Wildman–Crippen LogP) is 2.58. The molecule has 1 aromatic heterocycles. The van der Waals surface area contributed by atoms with E-state index in [9.17, 15) is 4.39 Å². The van der Waals surface area contributed by atoms with E-state index in [-0.39, 0.29) is 12.4 Å². The molecule has 0 amide bonds. The second-order valence-electron chi connectivity index (χ2n) is 2.88. The average molecular weight is 196 g/mol. The fourth-order valence-corrected chi connectivity index (χ4v) is 2.39. The Labute approximate surface area is 79.4 Å². The van der Waals surface area contributed by atoms with E-state index in [1.54, 1.807) is 6.07 Å². The van der Waals surface area contributed by atoms with Gasteiger partial charge in [0.05, 0.1) is 0 Å². The van der Waals surface area contributed by atoms with Gasteiger partial charge in [0.1, 0.15) is 5.82 Å². The maximum Gasteiger partial charge on any atom is 0.124 e. The third kappa shape index (κ3) is 1.57. The topological polar surface area (TPSA) is 20.2 Å². The summed E-state index contributed by atoms with van der Waals surface area (Å²) in [4.78, 5) is 0. The first-order valence-corrected chi connectivity index (χ1v) is 4.95. The van der Waals surface area contributed by atoms with Gasteiger partial charge in [-0.1, -0.05) is 6.07 Å². The lowest BCUT2D eigenvalue weighted by Gasteiger charge is -1.95. The highest BCUT2D eigenvalue weighted by molar-refractivity contribution is 7.17. The lowest BCUT2D eigenvalue weighted by molar-refractivity contribution is 0.300. The molecule has 0 fully saturated rings. The number of fused-ring (bicyclic) bond motifs is 1. The highest BCUT2D eigenvalue weighted by Gasteiger charge is 2.03. The van der Waals surface area contributed by atoms with Crippen LogP contribution in [-0.2, 0) is 6.42 Å². The number of aliphatic hydroxyl groups is 1. The minimum Gasteiger partial charge on any atom is -0.396 e. The van der Waals surface area contributed by atoms with Gasteiger partial charge in [0.15, 0.2) is 0 Å². The molecule has 0 saturated heterocycles. The zero-order valence-corrected chi connectivity index (χ0v) is 7.77. The number of halogens is 1. The van der Waals surface area contributed by atoms with Crippen LogP contribution in [0.25, 0.3) is 10.1 Å². The maximum atomic E-state index is 12.8. The summed E-state index contributed by atoms with van der Waals surface area (Å²) in [7, 11) is 0. The summed E-state index contributed by atoms with van der Waals surface area (Å²) in [6.45, 7) is 0.142. The molecule has 1 heterocycles. The summed E-state index contributed by atoms with van der Waals surface area (Å²) in [6.07, 6.45) is 0.644. The number of hydrogen-bond donors (Lipinski definition) is 1. The Hall–Kier alpha value is -0.930. The van der Waals surface area contributed by atoms with Crippen LogP contribution in [-0.4, -0.2) is 11.7 Å². The van der Waals surface area contributed by atoms with Gasteiger partial charge in [0.25, 0.3) is 0 Å². The number of thiophene rings is 1. The molecule has 2 rings (SSSR count). The van der Waals surface area contributed by atoms with Crippen LogP contribution < -0.4 is 0 Å². The molecule has 0 saturated carbocycles. The Kier molecular flexibility index (Phi) is 2.29. The fraction of sp³-hybridized carbons (Fsp3) is 0.200. The summed E-state index contributed by atoms with van der Waals surface area (Å²) in [5.74, 6) is -0.204. The van der Waals surface area contributed by atoms with Crippen LogP contribution in [0.4, 0.5) is 4.39 Å². The molecule has 0 atom stereocenters. The van der Waals surface area contributed by atoms with E-state index in [1.165, 1.54) is 23.5 Å². The van der Waals surface area contributed by atoms with E-state index in [1.807, 2.05) is 5.38 Å². The maximum absolute atomic E-state index is 12.8. The first-order chi connectivity index (χ1) is 6.31. The summed E-state index contributed by atoms with van der Waals surface area (Å²) in [6, 6.07) is 4.75. The van der Waals surface area contributed by atoms with Crippen molar-refractivity contribution in [3.8, 4) is 0 Å². The first kappa shape index (κ1) is 8.66. The zero-order chi connectivity index (χ0) is 9.26. The number of aliphatic hydroxyl groups excluding tert-OH is 1. The quantitative estimate of drug-likeness (QED) is 0.782. The third-order valence-corrected chi connectivity index (χ3v) is 2.99. The Morgan fingerprint density at radius 1 is 1.38 bits per heavy atom. The van der Waals surface area contributed by atoms with Crippen molar-refractivity contribution in [3.63, 3.8) is 0 Å². The number of hydrogen-bond acceptors (Lipinski definition) is 2. The van der Waals surface area contributed by atoms with E-state index in [0.29, 0.717) is 6.42 Å². The van der Waals surface area contributed by atoms with Crippen molar-refractivity contribution in [3.05, 3.63) is 35.0 Å². The second kappa shape index (κ2) is 3.44. The zero-order valence-electron chi connectivity index (χ0n) is 6.96. The summed E-state index contributed by atoms with van der Waals surface area (Å²) in [5.41, 5.74) is 1.10. The Morgan fingerprint density at radius 2 is 2.23 bits per heavy atom. The van der Waals surface area contributed by atoms with Crippen LogP contribution in [0.3, 0.4) is 0 Å². The van der Waals surface area contributed by atoms with Crippen molar-refractivity contribution in [2.75, 3.05) is 6.61 Å². The van der Waals surface area contributed by atoms with Crippen molar-refractivity contribution >= 4 is 21.4 Å². The second-order valence-corrected chi connectivity index (χ2v) is 3.79. The average Bonchev–Trinajstić information content (AvgIpc) is 2.49. The van der Waals surface area contributed by atoms with E-state index in [4.69, 9.17) is 5.11 Å². The van der Waals surface area contributed by atoms with Crippen molar-refractivity contribution < 1.29 is 9.50 Å². The largest absolute Gasteiger partial charge is 0.396 e. The Bertz CT molecular complexity index is 422. The Morgan fingerprint density at radius 3 is 3.00 bits per heavy atom. The summed E-state index contributed by atoms with van der Waals surface area (Å²) in [5, 5.41) is 11.8. The number of rotatable bonds is 2. The van der Waals surface area contributed by atoms with Crippen LogP contribution >= 0.6 is 11.3 Å². The highest BCUT2D eigenvalue weighted by atomic mass is 32.1. The first-order valence-electron chi connectivity index (χ1n) is 4.08. The molecule has 0 aliphatic carbocycles. The van der Waals surface area contributed by atoms with Gasteiger partial charge in [-0.2, -0.15) is 0 Å². The monoisotopic (exact) mass is 196 g/mol. The molecule has 0 aliphatic heterocycles. The standard InChI is InChI=1S/C10H9FOS/c11-8-1-2-9-7(3-4-12)6-13-10(9)5-8/h1-2,5-6,12H,3-4H2. The van der Waals surface area contributed by atoms with Crippen molar-refractivity contribution in [1.29, 1.82) is 0 Å². The summed E-state index contributed by atoms with van der Waals surface area (Å²) < 4.78 is 13.7. The molecule has 0 bridgehead atoms. The van der Waals surface area contributed by atoms with E-state index >= 15 is 0 Å². The van der Waals surface area contributed by atoms with E-state index < -0.39 is 0 Å². The predicted molar refractivity (Wildman–Crippen MR) is 52.6 cm³/mol. The lowest BCUT2D eigenvalue weighted by atomic mass is 10.1. The van der Waals surface area contributed by atoms with Gasteiger partial charge in [0.2, 0.25) is 0 Å². The van der Waals surface area contributed by atoms with Crippen LogP contribution in [0, 0.1) is 5.82 Å². The molecule has 1 nitrogen and oxygen atoms in total. The van der Waals surface area contributed by atoms with Crippen LogP contribution in [0.15, 0.2) is 23.6 Å². The molecular formula is C10H9FOS. The third-order valence-electron chi connectivity index (χ3n) is 2.00. The van der Waals surface area contributed by atoms with Gasteiger partial charge in [-0.3, -0.25) is 0 Å². The normalized spacial score (nSPS) is 10.9. The minimum atomic E-state index is -0.204. The van der Waals surface area contributed by atoms with E-state index in [2.05, 4.69) is 0 Å². The minimum absolute atomic E-state index is 0.142. The molecule has 3 heteroatoms. The van der Waals surface area contributed by atoms with Crippen molar-refractivity contribution in [1.82, 2.24) is 0 Å². The molecule has 1 N–H and O–H groups in total. The van der Waals surface area contributed by atoms with Gasteiger partial charge >= 0.3 is 0 Å². The molecular weight excluding hydrogens is 187 g/mol. The van der Waals surface area contributed by atoms with E-state index in [0.717, 1.165) is 15.6 Å². The van der Waals surface area contributed by atoms with Gasteiger partial charge in [0, 0.05) is 11.3 Å². The smallest absolute Gasteiger partial charge is 0.124 e. The van der Waals surface area contributed by atoms with Gasteiger partial charge < -0.3 is 5.11 Å². The van der Waals surface area contributed by atoms with Gasteiger partial charge in [-0.15, -0.1) is 11.3 Å². The van der Waals surface area contributed by atoms with Gasteiger partial charge in [-0.05, 0) is 34.9 Å². The molecule has 2 aromatic rings. The molecule has 13 heavy (non-hydrogen) atoms. The molecule has 0 spiro atoms. The SMILES string of the molecule is OCCc1csc2cc(F)ccc12. The van der Waals surface area contributed by atoms with Crippen molar-refractivity contribution in [2.24, 2.45) is 0 Å². The Balaban J connectivity index is 2.55. The van der Waals surface area contributed by atoms with Gasteiger partial charge in [-0.25, -0.2) is 4.39 Å². The van der Waals surface area contributed by atoms with Crippen molar-refractivity contribution in [2.45, 2.75) is 6.42 Å². The molecule has 0 radical (unpaired) electrons. The molecule has 0 unspecified atom stereocenters. The summed E-state index contributed by atoms with van der Waals surface area (Å²) >= 11 is 1.52. The lowest BCUT2D eigenvalue weighted by Crippen LogP contribution is -1.87. The number of benzene rings is 1. The molecule has 0 aliphatic rings. The van der Waals surface area contributed by atoms with Crippen LogP contribution in [0.1, 0.15) is 5.56 Å². The van der Waals surface area contributed by atoms with Crippen LogP contribution in [0.5, 0.6) is 0 Å². The van der Waals surface area contributed by atoms with Crippen LogP contribution in [0.2, 0.25) is 0 Å².